The lowest BCUT2D eigenvalue weighted by molar-refractivity contribution is -0.140. The quantitative estimate of drug-likeness (QED) is 0.745. The van der Waals surface area contributed by atoms with Gasteiger partial charge in [-0.05, 0) is 43.9 Å². The van der Waals surface area contributed by atoms with Crippen molar-refractivity contribution in [3.63, 3.8) is 0 Å². The van der Waals surface area contributed by atoms with Crippen molar-refractivity contribution in [3.8, 4) is 5.75 Å². The number of likely N-dealkylation sites (tertiary alicyclic amines) is 1. The van der Waals surface area contributed by atoms with Crippen LogP contribution < -0.4 is 10.1 Å². The van der Waals surface area contributed by atoms with Crippen LogP contribution in [0.3, 0.4) is 0 Å². The number of hydrogen-bond acceptors (Lipinski definition) is 4. The molecule has 1 aromatic rings. The first-order valence-corrected chi connectivity index (χ1v) is 9.89. The zero-order valence-corrected chi connectivity index (χ0v) is 16.1. The third kappa shape index (κ3) is 4.31. The Morgan fingerprint density at radius 2 is 1.85 bits per heavy atom. The van der Waals surface area contributed by atoms with Gasteiger partial charge in [0.1, 0.15) is 5.75 Å². The number of carbonyl (C=O) groups is 3. The Morgan fingerprint density at radius 1 is 1.19 bits per heavy atom. The highest BCUT2D eigenvalue weighted by molar-refractivity contribution is 6.05. The van der Waals surface area contributed by atoms with Crippen molar-refractivity contribution in [1.82, 2.24) is 4.90 Å². The molecule has 2 fully saturated rings. The van der Waals surface area contributed by atoms with Crippen molar-refractivity contribution in [3.05, 3.63) is 23.8 Å². The Labute approximate surface area is 160 Å². The molecule has 1 saturated heterocycles. The summed E-state index contributed by atoms with van der Waals surface area (Å²) in [5.74, 6) is -0.110. The van der Waals surface area contributed by atoms with Gasteiger partial charge in [0.25, 0.3) is 0 Å². The topological polar surface area (TPSA) is 75.7 Å². The SMILES string of the molecule is CCCOc1cc(C)ccc1NC(=O)CCN1C(=O)C2CCCCC2C1=O. The minimum absolute atomic E-state index is 0.0953. The summed E-state index contributed by atoms with van der Waals surface area (Å²) in [4.78, 5) is 38.7. The van der Waals surface area contributed by atoms with Gasteiger partial charge in [-0.15, -0.1) is 0 Å². The number of amides is 3. The molecule has 6 nitrogen and oxygen atoms in total. The van der Waals surface area contributed by atoms with E-state index in [0.29, 0.717) is 18.0 Å². The van der Waals surface area contributed by atoms with Crippen LogP contribution in [-0.4, -0.2) is 35.8 Å². The summed E-state index contributed by atoms with van der Waals surface area (Å²) >= 11 is 0. The largest absolute Gasteiger partial charge is 0.491 e. The van der Waals surface area contributed by atoms with Crippen LogP contribution in [0, 0.1) is 18.8 Å². The Balaban J connectivity index is 1.59. The van der Waals surface area contributed by atoms with Crippen molar-refractivity contribution < 1.29 is 19.1 Å². The standard InChI is InChI=1S/C21H28N2O4/c1-3-12-27-18-13-14(2)8-9-17(18)22-19(24)10-11-23-20(25)15-6-4-5-7-16(15)21(23)26/h8-9,13,15-16H,3-7,10-12H2,1-2H3,(H,22,24). The highest BCUT2D eigenvalue weighted by Gasteiger charge is 2.47. The number of hydrogen-bond donors (Lipinski definition) is 1. The van der Waals surface area contributed by atoms with E-state index in [2.05, 4.69) is 5.32 Å². The molecule has 3 rings (SSSR count). The Morgan fingerprint density at radius 3 is 2.48 bits per heavy atom. The number of nitrogens with one attached hydrogen (secondary N) is 1. The average molecular weight is 372 g/mol. The number of nitrogens with zero attached hydrogens (tertiary/aromatic N) is 1. The van der Waals surface area contributed by atoms with E-state index in [1.165, 1.54) is 4.90 Å². The zero-order chi connectivity index (χ0) is 19.4. The van der Waals surface area contributed by atoms with Crippen LogP contribution >= 0.6 is 0 Å². The molecule has 1 heterocycles. The van der Waals surface area contributed by atoms with E-state index < -0.39 is 0 Å². The summed E-state index contributed by atoms with van der Waals surface area (Å²) in [5.41, 5.74) is 1.67. The molecule has 1 aliphatic carbocycles. The van der Waals surface area contributed by atoms with Gasteiger partial charge in [-0.3, -0.25) is 19.3 Å². The second-order valence-electron chi connectivity index (χ2n) is 7.47. The number of aryl methyl sites for hydroxylation is 1. The Hall–Kier alpha value is -2.37. The molecule has 1 aromatic carbocycles. The average Bonchev–Trinajstić information content (AvgIpc) is 2.91. The molecule has 2 atom stereocenters. The van der Waals surface area contributed by atoms with E-state index in [0.717, 1.165) is 37.7 Å². The van der Waals surface area contributed by atoms with Crippen LogP contribution in [0.5, 0.6) is 5.75 Å². The van der Waals surface area contributed by atoms with Crippen LogP contribution in [0.15, 0.2) is 18.2 Å². The van der Waals surface area contributed by atoms with Crippen molar-refractivity contribution in [2.45, 2.75) is 52.4 Å². The summed E-state index contributed by atoms with van der Waals surface area (Å²) in [5, 5.41) is 2.85. The Bertz CT molecular complexity index is 707. The fraction of sp³-hybridized carbons (Fsp3) is 0.571. The zero-order valence-electron chi connectivity index (χ0n) is 16.1. The van der Waals surface area contributed by atoms with E-state index in [1.807, 2.05) is 32.0 Å². The summed E-state index contributed by atoms with van der Waals surface area (Å²) in [7, 11) is 0. The second-order valence-corrected chi connectivity index (χ2v) is 7.47. The fourth-order valence-electron chi connectivity index (χ4n) is 3.94. The van der Waals surface area contributed by atoms with E-state index in [4.69, 9.17) is 4.74 Å². The van der Waals surface area contributed by atoms with E-state index >= 15 is 0 Å². The predicted octanol–water partition coefficient (Wildman–Crippen LogP) is 3.29. The lowest BCUT2D eigenvalue weighted by atomic mass is 9.81. The first-order valence-electron chi connectivity index (χ1n) is 9.89. The van der Waals surface area contributed by atoms with Crippen LogP contribution in [-0.2, 0) is 14.4 Å². The van der Waals surface area contributed by atoms with Crippen LogP contribution in [0.25, 0.3) is 0 Å². The maximum atomic E-state index is 12.5. The van der Waals surface area contributed by atoms with Crippen LogP contribution in [0.1, 0.15) is 51.0 Å². The van der Waals surface area contributed by atoms with Gasteiger partial charge in [-0.25, -0.2) is 0 Å². The smallest absolute Gasteiger partial charge is 0.233 e. The molecule has 3 amide bonds. The monoisotopic (exact) mass is 372 g/mol. The molecule has 0 aromatic heterocycles. The van der Waals surface area contributed by atoms with Gasteiger partial charge in [0.05, 0.1) is 24.1 Å². The first kappa shape index (κ1) is 19.4. The normalized spacial score (nSPS) is 21.9. The number of anilines is 1. The maximum Gasteiger partial charge on any atom is 0.233 e. The highest BCUT2D eigenvalue weighted by atomic mass is 16.5. The minimum atomic E-state index is -0.226. The lowest BCUT2D eigenvalue weighted by Crippen LogP contribution is -2.34. The molecule has 146 valence electrons. The molecular weight excluding hydrogens is 344 g/mol. The van der Waals surface area contributed by atoms with Gasteiger partial charge >= 0.3 is 0 Å². The van der Waals surface area contributed by atoms with Crippen LogP contribution in [0.2, 0.25) is 0 Å². The summed E-state index contributed by atoms with van der Waals surface area (Å²) in [6.45, 7) is 4.71. The van der Waals surface area contributed by atoms with Gasteiger partial charge in [0.15, 0.2) is 0 Å². The van der Waals surface area contributed by atoms with Crippen LogP contribution in [0.4, 0.5) is 5.69 Å². The minimum Gasteiger partial charge on any atom is -0.491 e. The number of fused-ring (bicyclic) bond motifs is 1. The second kappa shape index (κ2) is 8.55. The Kier molecular flexibility index (Phi) is 6.14. The number of benzene rings is 1. The first-order chi connectivity index (χ1) is 13.0. The molecule has 1 saturated carbocycles. The van der Waals surface area contributed by atoms with Gasteiger partial charge in [0.2, 0.25) is 17.7 Å². The number of ether oxygens (including phenoxy) is 1. The molecule has 1 aliphatic heterocycles. The van der Waals surface area contributed by atoms with Gasteiger partial charge in [-0.1, -0.05) is 25.8 Å². The maximum absolute atomic E-state index is 12.5. The molecule has 1 N–H and O–H groups in total. The third-order valence-electron chi connectivity index (χ3n) is 5.37. The van der Waals surface area contributed by atoms with E-state index in [9.17, 15) is 14.4 Å². The molecular formula is C21H28N2O4. The van der Waals surface area contributed by atoms with E-state index in [1.54, 1.807) is 0 Å². The fourth-order valence-corrected chi connectivity index (χ4v) is 3.94. The molecule has 0 bridgehead atoms. The molecule has 0 radical (unpaired) electrons. The number of carbonyl (C=O) groups excluding carboxylic acids is 3. The molecule has 2 unspecified atom stereocenters. The van der Waals surface area contributed by atoms with Gasteiger partial charge < -0.3 is 10.1 Å². The van der Waals surface area contributed by atoms with Crippen molar-refractivity contribution >= 4 is 23.4 Å². The number of rotatable bonds is 7. The summed E-state index contributed by atoms with van der Waals surface area (Å²) in [6, 6.07) is 5.62. The van der Waals surface area contributed by atoms with Gasteiger partial charge in [-0.2, -0.15) is 0 Å². The summed E-state index contributed by atoms with van der Waals surface area (Å²) < 4.78 is 5.71. The third-order valence-corrected chi connectivity index (χ3v) is 5.37. The summed E-state index contributed by atoms with van der Waals surface area (Å²) in [6.07, 6.45) is 4.56. The van der Waals surface area contributed by atoms with Crippen molar-refractivity contribution in [1.29, 1.82) is 0 Å². The van der Waals surface area contributed by atoms with Gasteiger partial charge in [0, 0.05) is 13.0 Å². The molecule has 27 heavy (non-hydrogen) atoms. The van der Waals surface area contributed by atoms with Crippen molar-refractivity contribution in [2.24, 2.45) is 11.8 Å². The molecule has 6 heteroatoms. The van der Waals surface area contributed by atoms with Crippen molar-refractivity contribution in [2.75, 3.05) is 18.5 Å². The molecule has 0 spiro atoms. The number of imide groups is 1. The lowest BCUT2D eigenvalue weighted by Gasteiger charge is -2.19. The highest BCUT2D eigenvalue weighted by Crippen LogP contribution is 2.38. The predicted molar refractivity (Wildman–Crippen MR) is 102 cm³/mol. The molecule has 2 aliphatic rings. The van der Waals surface area contributed by atoms with E-state index in [-0.39, 0.29) is 42.5 Å².